The lowest BCUT2D eigenvalue weighted by molar-refractivity contribution is -0.191. The lowest BCUT2D eigenvalue weighted by Crippen LogP contribution is -2.43. The van der Waals surface area contributed by atoms with Crippen LogP contribution in [0.25, 0.3) is 10.8 Å². The third kappa shape index (κ3) is 4.74. The molecule has 1 heterocycles. The fourth-order valence-corrected chi connectivity index (χ4v) is 4.01. The molecule has 0 unspecified atom stereocenters. The number of amides is 1. The van der Waals surface area contributed by atoms with Crippen LogP contribution in [-0.4, -0.2) is 23.6 Å². The Bertz CT molecular complexity index is 876. The normalized spacial score (nSPS) is 18.2. The highest BCUT2D eigenvalue weighted by atomic mass is 19.4. The lowest BCUT2D eigenvalue weighted by Gasteiger charge is -2.30. The van der Waals surface area contributed by atoms with Crippen LogP contribution in [0, 0.1) is 5.41 Å². The van der Waals surface area contributed by atoms with Crippen LogP contribution in [-0.2, 0) is 11.2 Å². The Kier molecular flexibility index (Phi) is 6.22. The van der Waals surface area contributed by atoms with Gasteiger partial charge in [-0.2, -0.15) is 13.2 Å². The van der Waals surface area contributed by atoms with Crippen molar-refractivity contribution in [3.05, 3.63) is 47.5 Å². The Morgan fingerprint density at radius 2 is 1.90 bits per heavy atom. The molecule has 1 fully saturated rings. The molecule has 1 saturated heterocycles. The second-order valence-electron chi connectivity index (χ2n) is 8.61. The molecule has 158 valence electrons. The van der Waals surface area contributed by atoms with Crippen LogP contribution >= 0.6 is 0 Å². The molecule has 1 N–H and O–H groups in total. The predicted molar refractivity (Wildman–Crippen MR) is 109 cm³/mol. The van der Waals surface area contributed by atoms with Crippen molar-refractivity contribution in [3.8, 4) is 0 Å². The highest BCUT2D eigenvalue weighted by Crippen LogP contribution is 2.41. The van der Waals surface area contributed by atoms with E-state index in [0.717, 1.165) is 53.4 Å². The number of alkyl halides is 3. The van der Waals surface area contributed by atoms with Gasteiger partial charge in [-0.3, -0.25) is 10.2 Å². The van der Waals surface area contributed by atoms with Crippen LogP contribution in [0.1, 0.15) is 63.6 Å². The Balaban J connectivity index is 1.96. The number of benzene rings is 2. The maximum absolute atomic E-state index is 14.0. The molecule has 0 spiro atoms. The highest BCUT2D eigenvalue weighted by molar-refractivity contribution is 5.87. The van der Waals surface area contributed by atoms with E-state index in [4.69, 9.17) is 0 Å². The largest absolute Gasteiger partial charge is 0.409 e. The Labute approximate surface area is 170 Å². The zero-order chi connectivity index (χ0) is 21.2. The van der Waals surface area contributed by atoms with Crippen LogP contribution in [0.4, 0.5) is 13.2 Å². The Hall–Kier alpha value is -2.08. The van der Waals surface area contributed by atoms with Crippen LogP contribution in [0.15, 0.2) is 36.4 Å². The number of carbonyl (C=O) groups excluding carboxylic acids is 1. The first-order valence-corrected chi connectivity index (χ1v) is 10.3. The minimum atomic E-state index is -4.50. The van der Waals surface area contributed by atoms with E-state index in [1.165, 1.54) is 6.07 Å². The summed E-state index contributed by atoms with van der Waals surface area (Å²) in [6.07, 6.45) is 0.798. The smallest absolute Gasteiger partial charge is 0.287 e. The van der Waals surface area contributed by atoms with Crippen molar-refractivity contribution in [3.63, 3.8) is 0 Å². The van der Waals surface area contributed by atoms with E-state index >= 15 is 0 Å². The van der Waals surface area contributed by atoms with Crippen molar-refractivity contribution in [2.24, 2.45) is 5.41 Å². The fraction of sp³-hybridized carbons (Fsp3) is 0.522. The predicted octanol–water partition coefficient (Wildman–Crippen LogP) is 5.94. The number of hydrogen-bond donors (Lipinski definition) is 1. The number of rotatable bonds is 7. The molecule has 29 heavy (non-hydrogen) atoms. The number of fused-ring (bicyclic) bond motifs is 1. The van der Waals surface area contributed by atoms with E-state index in [1.807, 2.05) is 18.2 Å². The maximum Gasteiger partial charge on any atom is 0.409 e. The maximum atomic E-state index is 14.0. The molecule has 2 aromatic rings. The zero-order valence-electron chi connectivity index (χ0n) is 17.3. The minimum Gasteiger partial charge on any atom is -0.287 e. The molecule has 2 aromatic carbocycles. The third-order valence-electron chi connectivity index (χ3n) is 5.66. The summed E-state index contributed by atoms with van der Waals surface area (Å²) in [5, 5.41) is 2.84. The molecule has 0 radical (unpaired) electrons. The van der Waals surface area contributed by atoms with Gasteiger partial charge in [-0.15, -0.1) is 0 Å². The molecule has 3 nitrogen and oxygen atoms in total. The van der Waals surface area contributed by atoms with Crippen molar-refractivity contribution in [2.75, 3.05) is 6.54 Å². The summed E-state index contributed by atoms with van der Waals surface area (Å²) in [6.45, 7) is 5.47. The quantitative estimate of drug-likeness (QED) is 0.577. The topological polar surface area (TPSA) is 32.3 Å². The first kappa shape index (κ1) is 21.6. The fourth-order valence-electron chi connectivity index (χ4n) is 4.01. The van der Waals surface area contributed by atoms with Crippen LogP contribution in [0.2, 0.25) is 0 Å². The van der Waals surface area contributed by atoms with Crippen LogP contribution in [0.5, 0.6) is 0 Å². The van der Waals surface area contributed by atoms with Gasteiger partial charge in [0.15, 0.2) is 0 Å². The number of halogens is 3. The monoisotopic (exact) mass is 406 g/mol. The summed E-state index contributed by atoms with van der Waals surface area (Å²) in [7, 11) is 0. The summed E-state index contributed by atoms with van der Waals surface area (Å²) >= 11 is 0. The minimum absolute atomic E-state index is 0.00666. The van der Waals surface area contributed by atoms with E-state index in [1.54, 1.807) is 26.0 Å². The average molecular weight is 406 g/mol. The summed E-state index contributed by atoms with van der Waals surface area (Å²) in [5.41, 5.74) is 2.81. The molecule has 1 atom stereocenters. The third-order valence-corrected chi connectivity index (χ3v) is 5.66. The number of nitrogens with one attached hydrogen (secondary N) is 1. The van der Waals surface area contributed by atoms with E-state index < -0.39 is 17.6 Å². The highest BCUT2D eigenvalue weighted by Gasteiger charge is 2.51. The van der Waals surface area contributed by atoms with E-state index in [-0.39, 0.29) is 18.0 Å². The zero-order valence-corrected chi connectivity index (χ0v) is 17.3. The molecule has 1 aliphatic heterocycles. The van der Waals surface area contributed by atoms with Crippen molar-refractivity contribution in [1.82, 2.24) is 10.4 Å². The lowest BCUT2D eigenvalue weighted by atomic mass is 9.93. The van der Waals surface area contributed by atoms with Gasteiger partial charge in [-0.25, -0.2) is 5.01 Å². The molecule has 3 rings (SSSR count). The molecule has 0 aliphatic carbocycles. The van der Waals surface area contributed by atoms with Crippen molar-refractivity contribution < 1.29 is 18.0 Å². The van der Waals surface area contributed by atoms with Crippen molar-refractivity contribution >= 4 is 16.7 Å². The van der Waals surface area contributed by atoms with Gasteiger partial charge >= 0.3 is 6.18 Å². The Morgan fingerprint density at radius 1 is 1.14 bits per heavy atom. The second-order valence-corrected chi connectivity index (χ2v) is 8.61. The van der Waals surface area contributed by atoms with Crippen molar-refractivity contribution in [2.45, 2.75) is 65.1 Å². The number of hydrogen-bond acceptors (Lipinski definition) is 2. The number of unbranched alkanes of at least 4 members (excludes halogenated alkanes) is 3. The van der Waals surface area contributed by atoms with Gasteiger partial charge in [-0.05, 0) is 54.7 Å². The van der Waals surface area contributed by atoms with Crippen LogP contribution in [0.3, 0.4) is 0 Å². The van der Waals surface area contributed by atoms with Gasteiger partial charge in [0.05, 0.1) is 5.41 Å². The molecule has 0 bridgehead atoms. The Morgan fingerprint density at radius 3 is 2.52 bits per heavy atom. The summed E-state index contributed by atoms with van der Waals surface area (Å²) in [6, 6.07) is 8.95. The van der Waals surface area contributed by atoms with E-state index in [2.05, 4.69) is 12.3 Å². The number of aryl methyl sites for hydroxylation is 1. The van der Waals surface area contributed by atoms with Gasteiger partial charge in [0.2, 0.25) is 5.91 Å². The first-order chi connectivity index (χ1) is 13.6. The summed E-state index contributed by atoms with van der Waals surface area (Å²) < 4.78 is 42.1. The van der Waals surface area contributed by atoms with Crippen molar-refractivity contribution in [1.29, 1.82) is 0 Å². The molecule has 6 heteroatoms. The summed E-state index contributed by atoms with van der Waals surface area (Å²) in [4.78, 5) is 12.1. The number of hydrazine groups is 1. The van der Waals surface area contributed by atoms with Gasteiger partial charge in [0.25, 0.3) is 0 Å². The standard InChI is InChI=1S/C23H29F3N2O/c1-4-5-6-7-9-16-10-8-11-17-12-13-18(14-19(16)17)20(23(24,25)26)28-15-22(2,3)21(29)27-28/h8,10-14,20H,4-7,9,15H2,1-3H3,(H,27,29)/t20-/m0/s1. The van der Waals surface area contributed by atoms with Gasteiger partial charge < -0.3 is 0 Å². The molecular formula is C23H29F3N2O. The molecular weight excluding hydrogens is 377 g/mol. The summed E-state index contributed by atoms with van der Waals surface area (Å²) in [5.74, 6) is -0.385. The average Bonchev–Trinajstić information content (AvgIpc) is 2.90. The molecule has 0 saturated carbocycles. The number of nitrogens with zero attached hydrogens (tertiary/aromatic N) is 1. The molecule has 1 amide bonds. The van der Waals surface area contributed by atoms with E-state index in [9.17, 15) is 18.0 Å². The van der Waals surface area contributed by atoms with Gasteiger partial charge in [0, 0.05) is 6.54 Å². The second kappa shape index (κ2) is 8.34. The van der Waals surface area contributed by atoms with E-state index in [0.29, 0.717) is 0 Å². The first-order valence-electron chi connectivity index (χ1n) is 10.3. The molecule has 1 aliphatic rings. The van der Waals surface area contributed by atoms with Crippen LogP contribution < -0.4 is 5.43 Å². The van der Waals surface area contributed by atoms with Gasteiger partial charge in [0.1, 0.15) is 6.04 Å². The number of carbonyl (C=O) groups is 1. The molecule has 0 aromatic heterocycles. The van der Waals surface area contributed by atoms with Gasteiger partial charge in [-0.1, -0.05) is 56.5 Å². The SMILES string of the molecule is CCCCCCc1cccc2ccc([C@H](N3CC(C)(C)C(=O)N3)C(F)(F)F)cc12.